The molecule has 5 aromatic rings. The number of aliphatic hydroxyl groups is 1. The predicted molar refractivity (Wildman–Crippen MR) is 140 cm³/mol. The molecule has 3 heterocycles. The van der Waals surface area contributed by atoms with Gasteiger partial charge in [0.2, 0.25) is 10.0 Å². The van der Waals surface area contributed by atoms with E-state index in [2.05, 4.69) is 19.8 Å². The van der Waals surface area contributed by atoms with E-state index in [1.165, 1.54) is 19.2 Å². The largest absolute Gasteiger partial charge is 0.388 e. The first-order valence-corrected chi connectivity index (χ1v) is 13.2. The van der Waals surface area contributed by atoms with Crippen LogP contribution in [0.1, 0.15) is 23.0 Å². The first-order chi connectivity index (χ1) is 17.7. The van der Waals surface area contributed by atoms with Gasteiger partial charge in [-0.15, -0.1) is 0 Å². The first-order valence-electron chi connectivity index (χ1n) is 11.3. The third-order valence-corrected chi connectivity index (χ3v) is 6.35. The molecule has 3 aromatic heterocycles. The summed E-state index contributed by atoms with van der Waals surface area (Å²) in [4.78, 5) is 21.1. The van der Waals surface area contributed by atoms with Crippen LogP contribution in [0.3, 0.4) is 0 Å². The number of benzene rings is 2. The summed E-state index contributed by atoms with van der Waals surface area (Å²) in [6, 6.07) is 20.5. The summed E-state index contributed by atoms with van der Waals surface area (Å²) in [5, 5.41) is 13.7. The zero-order valence-corrected chi connectivity index (χ0v) is 20.8. The number of nitrogens with one attached hydrogen (secondary N) is 1. The Morgan fingerprint density at radius 3 is 2.05 bits per heavy atom. The topological polar surface area (TPSA) is 135 Å². The van der Waals surface area contributed by atoms with Gasteiger partial charge < -0.3 is 9.63 Å². The lowest BCUT2D eigenvalue weighted by molar-refractivity contribution is 0.101. The number of aliphatic hydroxyl groups excluding tert-OH is 1. The van der Waals surface area contributed by atoms with Crippen molar-refractivity contribution in [2.24, 2.45) is 0 Å². The number of ketones is 1. The zero-order chi connectivity index (χ0) is 26.2. The first kappa shape index (κ1) is 24.3. The second-order valence-electron chi connectivity index (χ2n) is 8.56. The predicted octanol–water partition coefficient (Wildman–Crippen LogP) is 4.69. The van der Waals surface area contributed by atoms with Gasteiger partial charge >= 0.3 is 0 Å². The number of nitrogens with zero attached hydrogens (tertiary/aromatic N) is 3. The Morgan fingerprint density at radius 2 is 1.51 bits per heavy atom. The maximum Gasteiger partial charge on any atom is 0.230 e. The van der Waals surface area contributed by atoms with Crippen molar-refractivity contribution in [2.75, 3.05) is 11.0 Å². The fourth-order valence-electron chi connectivity index (χ4n) is 4.00. The van der Waals surface area contributed by atoms with E-state index in [9.17, 15) is 13.2 Å². The molecule has 0 spiro atoms. The van der Waals surface area contributed by atoms with Gasteiger partial charge in [0.05, 0.1) is 17.5 Å². The highest BCUT2D eigenvalue weighted by atomic mass is 32.2. The van der Waals surface area contributed by atoms with Gasteiger partial charge in [-0.1, -0.05) is 53.7 Å². The number of hydrogen-bond donors (Lipinski definition) is 2. The lowest BCUT2D eigenvalue weighted by Crippen LogP contribution is -2.11. The fraction of sp³-hybridized carbons (Fsp3) is 0.111. The van der Waals surface area contributed by atoms with Gasteiger partial charge in [-0.3, -0.25) is 9.52 Å². The highest BCUT2D eigenvalue weighted by Gasteiger charge is 2.14. The molecule has 0 saturated carbocycles. The van der Waals surface area contributed by atoms with E-state index in [4.69, 9.17) is 9.63 Å². The van der Waals surface area contributed by atoms with E-state index in [-0.39, 0.29) is 18.2 Å². The summed E-state index contributed by atoms with van der Waals surface area (Å²) in [6.45, 7) is 1.27. The van der Waals surface area contributed by atoms with E-state index >= 15 is 0 Å². The third kappa shape index (κ3) is 5.25. The fourth-order valence-corrected chi connectivity index (χ4v) is 4.49. The van der Waals surface area contributed by atoms with E-state index in [1.807, 2.05) is 48.5 Å². The molecule has 5 rings (SSSR count). The average molecular weight is 515 g/mol. The quantitative estimate of drug-likeness (QED) is 0.299. The van der Waals surface area contributed by atoms with E-state index < -0.39 is 10.0 Å². The van der Waals surface area contributed by atoms with Crippen LogP contribution in [0.2, 0.25) is 0 Å². The Balaban J connectivity index is 1.47. The molecule has 0 saturated heterocycles. The Bertz CT molecular complexity index is 1730. The highest BCUT2D eigenvalue weighted by molar-refractivity contribution is 7.92. The molecular weight excluding hydrogens is 492 g/mol. The lowest BCUT2D eigenvalue weighted by atomic mass is 9.99. The highest BCUT2D eigenvalue weighted by Crippen LogP contribution is 2.29. The molecule has 0 amide bonds. The van der Waals surface area contributed by atoms with Gasteiger partial charge in [-0.05, 0) is 24.1 Å². The molecule has 0 bridgehead atoms. The van der Waals surface area contributed by atoms with Gasteiger partial charge in [-0.2, -0.15) is 0 Å². The van der Waals surface area contributed by atoms with Crippen molar-refractivity contribution in [3.05, 3.63) is 84.3 Å². The van der Waals surface area contributed by atoms with Crippen molar-refractivity contribution in [3.8, 4) is 33.6 Å². The molecule has 0 unspecified atom stereocenters. The molecule has 186 valence electrons. The number of aromatic nitrogens is 3. The van der Waals surface area contributed by atoms with Gasteiger partial charge in [-0.25, -0.2) is 18.4 Å². The van der Waals surface area contributed by atoms with Gasteiger partial charge in [0.15, 0.2) is 11.5 Å². The lowest BCUT2D eigenvalue weighted by Gasteiger charge is -2.10. The van der Waals surface area contributed by atoms with Crippen LogP contribution in [-0.2, 0) is 16.6 Å². The number of hydrogen-bond acceptors (Lipinski definition) is 8. The van der Waals surface area contributed by atoms with Crippen LogP contribution in [0.4, 0.5) is 5.82 Å². The van der Waals surface area contributed by atoms with E-state index in [1.54, 1.807) is 12.1 Å². The molecule has 0 aliphatic rings. The SMILES string of the molecule is CC(=O)c1cc(-c2ccc(-c3ccc(-c4cc(CO)on4)cc3)cc2)nc2cc(NS(C)(=O)=O)ncc12. The number of carbonyl (C=O) groups excluding carboxylic acids is 1. The number of rotatable bonds is 7. The Hall–Kier alpha value is -4.41. The molecule has 0 aliphatic carbocycles. The molecule has 10 heteroatoms. The van der Waals surface area contributed by atoms with Crippen LogP contribution in [0, 0.1) is 0 Å². The standard InChI is InChI=1S/C27H22N4O5S/c1-16(33)22-12-24(29-26-13-27(28-14-23(22)26)31-37(2,34)35)19-7-3-17(4-8-19)18-5-9-20(10-6-18)25-11-21(15-32)36-30-25/h3-14,32H,15H2,1-2H3,(H,28,31). The van der Waals surface area contributed by atoms with E-state index in [0.717, 1.165) is 28.5 Å². The van der Waals surface area contributed by atoms with Crippen molar-refractivity contribution in [1.82, 2.24) is 15.1 Å². The number of anilines is 1. The number of fused-ring (bicyclic) bond motifs is 1. The minimum absolute atomic E-state index is 0.131. The van der Waals surface area contributed by atoms with Crippen LogP contribution in [0.5, 0.6) is 0 Å². The van der Waals surface area contributed by atoms with Crippen LogP contribution >= 0.6 is 0 Å². The Morgan fingerprint density at radius 1 is 0.919 bits per heavy atom. The molecule has 2 aromatic carbocycles. The summed E-state index contributed by atoms with van der Waals surface area (Å²) in [7, 11) is -3.51. The summed E-state index contributed by atoms with van der Waals surface area (Å²) in [5.74, 6) is 0.393. The maximum atomic E-state index is 12.4. The van der Waals surface area contributed by atoms with Crippen molar-refractivity contribution in [3.63, 3.8) is 0 Å². The van der Waals surface area contributed by atoms with Crippen molar-refractivity contribution < 1.29 is 22.8 Å². The zero-order valence-electron chi connectivity index (χ0n) is 20.0. The van der Waals surface area contributed by atoms with Crippen molar-refractivity contribution >= 4 is 32.5 Å². The molecule has 0 atom stereocenters. The second kappa shape index (κ2) is 9.57. The molecule has 0 fully saturated rings. The summed E-state index contributed by atoms with van der Waals surface area (Å²) < 4.78 is 30.6. The smallest absolute Gasteiger partial charge is 0.230 e. The minimum atomic E-state index is -3.51. The van der Waals surface area contributed by atoms with Crippen LogP contribution < -0.4 is 4.72 Å². The third-order valence-electron chi connectivity index (χ3n) is 5.77. The van der Waals surface area contributed by atoms with Crippen molar-refractivity contribution in [1.29, 1.82) is 0 Å². The summed E-state index contributed by atoms with van der Waals surface area (Å²) in [6.07, 6.45) is 2.49. The normalized spacial score (nSPS) is 11.5. The molecule has 37 heavy (non-hydrogen) atoms. The van der Waals surface area contributed by atoms with Crippen LogP contribution in [0.15, 0.2) is 77.4 Å². The number of pyridine rings is 2. The van der Waals surface area contributed by atoms with Crippen LogP contribution in [0.25, 0.3) is 44.5 Å². The average Bonchev–Trinajstić information content (AvgIpc) is 3.36. The van der Waals surface area contributed by atoms with Gasteiger partial charge in [0.1, 0.15) is 18.1 Å². The Labute approximate surface area is 212 Å². The van der Waals surface area contributed by atoms with Gasteiger partial charge in [0, 0.05) is 40.4 Å². The number of Topliss-reactive ketones (excluding diaryl/α,β-unsaturated/α-hetero) is 1. The van der Waals surface area contributed by atoms with Crippen molar-refractivity contribution in [2.45, 2.75) is 13.5 Å². The molecule has 2 N–H and O–H groups in total. The molecule has 0 radical (unpaired) electrons. The molecule has 0 aliphatic heterocycles. The van der Waals surface area contributed by atoms with E-state index in [0.29, 0.717) is 33.6 Å². The molecular formula is C27H22N4O5S. The monoisotopic (exact) mass is 514 g/mol. The summed E-state index contributed by atoms with van der Waals surface area (Å²) >= 11 is 0. The second-order valence-corrected chi connectivity index (χ2v) is 10.3. The summed E-state index contributed by atoms with van der Waals surface area (Å²) in [5.41, 5.74) is 5.82. The Kier molecular flexibility index (Phi) is 6.28. The molecule has 9 nitrogen and oxygen atoms in total. The minimum Gasteiger partial charge on any atom is -0.388 e. The van der Waals surface area contributed by atoms with Gasteiger partial charge in [0.25, 0.3) is 0 Å². The number of sulfonamides is 1. The van der Waals surface area contributed by atoms with Crippen LogP contribution in [-0.4, -0.2) is 40.7 Å². The number of carbonyl (C=O) groups is 1. The maximum absolute atomic E-state index is 12.4.